The van der Waals surface area contributed by atoms with Gasteiger partial charge in [0.05, 0.1) is 4.92 Å². The van der Waals surface area contributed by atoms with Gasteiger partial charge in [-0.1, -0.05) is 22.0 Å². The van der Waals surface area contributed by atoms with Crippen molar-refractivity contribution in [2.75, 3.05) is 0 Å². The van der Waals surface area contributed by atoms with E-state index in [1.807, 2.05) is 0 Å². The van der Waals surface area contributed by atoms with Crippen LogP contribution in [0.4, 0.5) is 14.5 Å². The predicted molar refractivity (Wildman–Crippen MR) is 77.7 cm³/mol. The van der Waals surface area contributed by atoms with Crippen LogP contribution in [0.25, 0.3) is 0 Å². The summed E-state index contributed by atoms with van der Waals surface area (Å²) in [5.41, 5.74) is 1.16. The lowest BCUT2D eigenvalue weighted by Crippen LogP contribution is -2.14. The quantitative estimate of drug-likeness (QED) is 0.652. The third-order valence-corrected chi connectivity index (χ3v) is 3.63. The van der Waals surface area contributed by atoms with Crippen LogP contribution in [0.2, 0.25) is 0 Å². The molecule has 0 saturated carbocycles. The topological polar surface area (TPSA) is 55.2 Å². The molecule has 7 heteroatoms. The second kappa shape index (κ2) is 6.73. The van der Waals surface area contributed by atoms with E-state index in [1.54, 1.807) is 6.07 Å². The van der Waals surface area contributed by atoms with E-state index in [-0.39, 0.29) is 12.2 Å². The molecule has 0 aliphatic carbocycles. The first-order valence-electron chi connectivity index (χ1n) is 6.05. The second-order valence-corrected chi connectivity index (χ2v) is 5.23. The molecule has 0 aliphatic rings. The molecule has 0 aliphatic heterocycles. The number of halogens is 3. The van der Waals surface area contributed by atoms with Crippen molar-refractivity contribution in [2.24, 2.45) is 0 Å². The van der Waals surface area contributed by atoms with Crippen molar-refractivity contribution >= 4 is 21.6 Å². The molecule has 0 radical (unpaired) electrons. The fourth-order valence-electron chi connectivity index (χ4n) is 1.79. The molecule has 2 aromatic rings. The number of benzene rings is 2. The molecule has 2 rings (SSSR count). The van der Waals surface area contributed by atoms with E-state index in [9.17, 15) is 18.9 Å². The van der Waals surface area contributed by atoms with Gasteiger partial charge in [-0.2, -0.15) is 0 Å². The second-order valence-electron chi connectivity index (χ2n) is 4.37. The Balaban J connectivity index is 1.99. The number of nitrogens with zero attached hydrogens (tertiary/aromatic N) is 1. The molecule has 0 spiro atoms. The zero-order valence-corrected chi connectivity index (χ0v) is 12.4. The fraction of sp³-hybridized carbons (Fsp3) is 0.143. The molecular formula is C14H11BrF2N2O2. The van der Waals surface area contributed by atoms with Crippen molar-refractivity contribution in [1.29, 1.82) is 0 Å². The van der Waals surface area contributed by atoms with E-state index in [0.29, 0.717) is 16.6 Å². The van der Waals surface area contributed by atoms with Gasteiger partial charge in [0, 0.05) is 41.3 Å². The Hall–Kier alpha value is -1.86. The van der Waals surface area contributed by atoms with Crippen LogP contribution in [0.1, 0.15) is 11.1 Å². The zero-order chi connectivity index (χ0) is 15.4. The Morgan fingerprint density at radius 3 is 2.38 bits per heavy atom. The number of nitro benzene ring substituents is 1. The monoisotopic (exact) mass is 356 g/mol. The molecule has 0 bridgehead atoms. The van der Waals surface area contributed by atoms with Crippen LogP contribution in [0, 0.1) is 21.7 Å². The third kappa shape index (κ3) is 4.05. The van der Waals surface area contributed by atoms with Crippen molar-refractivity contribution < 1.29 is 13.7 Å². The predicted octanol–water partition coefficient (Wildman–Crippen LogP) is 3.93. The van der Waals surface area contributed by atoms with Gasteiger partial charge in [-0.05, 0) is 17.7 Å². The van der Waals surface area contributed by atoms with E-state index < -0.39 is 16.6 Å². The van der Waals surface area contributed by atoms with E-state index in [1.165, 1.54) is 24.3 Å². The number of non-ortho nitro benzene ring substituents is 1. The Morgan fingerprint density at radius 1 is 1.10 bits per heavy atom. The molecule has 0 saturated heterocycles. The number of hydrogen-bond donors (Lipinski definition) is 1. The minimum absolute atomic E-state index is 0.00444. The lowest BCUT2D eigenvalue weighted by molar-refractivity contribution is -0.384. The maximum Gasteiger partial charge on any atom is 0.270 e. The normalized spacial score (nSPS) is 10.6. The van der Waals surface area contributed by atoms with Crippen LogP contribution in [-0.4, -0.2) is 4.92 Å². The van der Waals surface area contributed by atoms with Gasteiger partial charge >= 0.3 is 0 Å². The van der Waals surface area contributed by atoms with Crippen molar-refractivity contribution in [3.8, 4) is 0 Å². The first kappa shape index (κ1) is 15.5. The van der Waals surface area contributed by atoms with Crippen LogP contribution in [0.15, 0.2) is 40.9 Å². The summed E-state index contributed by atoms with van der Waals surface area (Å²) in [6.45, 7) is 0.630. The molecule has 2 aromatic carbocycles. The molecule has 0 amide bonds. The largest absolute Gasteiger partial charge is 0.308 e. The van der Waals surface area contributed by atoms with Gasteiger partial charge in [0.15, 0.2) is 0 Å². The standard InChI is InChI=1S/C14H11BrF2N2O2/c15-13-6-12(19(20)21)4-2-9(13)7-18-8-10-1-3-11(16)5-14(10)17/h1-6,18H,7-8H2. The fourth-order valence-corrected chi connectivity index (χ4v) is 2.30. The Labute approximate surface area is 128 Å². The number of rotatable bonds is 5. The highest BCUT2D eigenvalue weighted by Gasteiger charge is 2.09. The molecule has 21 heavy (non-hydrogen) atoms. The van der Waals surface area contributed by atoms with Gasteiger partial charge in [0.1, 0.15) is 11.6 Å². The smallest absolute Gasteiger partial charge is 0.270 e. The summed E-state index contributed by atoms with van der Waals surface area (Å²) >= 11 is 3.26. The van der Waals surface area contributed by atoms with Gasteiger partial charge in [0.25, 0.3) is 5.69 Å². The third-order valence-electron chi connectivity index (χ3n) is 2.89. The average Bonchev–Trinajstić information content (AvgIpc) is 2.42. The molecule has 4 nitrogen and oxygen atoms in total. The summed E-state index contributed by atoms with van der Waals surface area (Å²) in [6.07, 6.45) is 0. The van der Waals surface area contributed by atoms with E-state index >= 15 is 0 Å². The van der Waals surface area contributed by atoms with Gasteiger partial charge < -0.3 is 5.32 Å². The highest BCUT2D eigenvalue weighted by Crippen LogP contribution is 2.23. The summed E-state index contributed by atoms with van der Waals surface area (Å²) in [5.74, 6) is -1.22. The van der Waals surface area contributed by atoms with Crippen LogP contribution < -0.4 is 5.32 Å². The minimum Gasteiger partial charge on any atom is -0.308 e. The Morgan fingerprint density at radius 2 is 1.76 bits per heavy atom. The summed E-state index contributed by atoms with van der Waals surface area (Å²) < 4.78 is 26.8. The van der Waals surface area contributed by atoms with Crippen molar-refractivity contribution in [2.45, 2.75) is 13.1 Å². The SMILES string of the molecule is O=[N+]([O-])c1ccc(CNCc2ccc(F)cc2F)c(Br)c1. The first-order valence-corrected chi connectivity index (χ1v) is 6.84. The van der Waals surface area contributed by atoms with Gasteiger partial charge in [-0.3, -0.25) is 10.1 Å². The van der Waals surface area contributed by atoms with Crippen molar-refractivity contribution in [3.05, 3.63) is 73.7 Å². The van der Waals surface area contributed by atoms with Crippen molar-refractivity contribution in [1.82, 2.24) is 5.32 Å². The number of hydrogen-bond acceptors (Lipinski definition) is 3. The number of nitrogens with one attached hydrogen (secondary N) is 1. The lowest BCUT2D eigenvalue weighted by atomic mass is 10.2. The molecular weight excluding hydrogens is 346 g/mol. The highest BCUT2D eigenvalue weighted by molar-refractivity contribution is 9.10. The molecule has 0 atom stereocenters. The number of nitro groups is 1. The van der Waals surface area contributed by atoms with Crippen LogP contribution in [0.3, 0.4) is 0 Å². The van der Waals surface area contributed by atoms with Crippen LogP contribution in [-0.2, 0) is 13.1 Å². The van der Waals surface area contributed by atoms with Crippen LogP contribution >= 0.6 is 15.9 Å². The summed E-state index contributed by atoms with van der Waals surface area (Å²) in [6, 6.07) is 7.84. The molecule has 0 unspecified atom stereocenters. The van der Waals surface area contributed by atoms with E-state index in [2.05, 4.69) is 21.2 Å². The van der Waals surface area contributed by atoms with Gasteiger partial charge in [-0.25, -0.2) is 8.78 Å². The van der Waals surface area contributed by atoms with Gasteiger partial charge in [0.2, 0.25) is 0 Å². The molecule has 0 fully saturated rings. The van der Waals surface area contributed by atoms with Crippen LogP contribution in [0.5, 0.6) is 0 Å². The molecule has 1 N–H and O–H groups in total. The highest BCUT2D eigenvalue weighted by atomic mass is 79.9. The van der Waals surface area contributed by atoms with Gasteiger partial charge in [-0.15, -0.1) is 0 Å². The molecule has 0 aromatic heterocycles. The van der Waals surface area contributed by atoms with Crippen molar-refractivity contribution in [3.63, 3.8) is 0 Å². The minimum atomic E-state index is -0.616. The first-order chi connectivity index (χ1) is 9.97. The summed E-state index contributed by atoms with van der Waals surface area (Å²) in [4.78, 5) is 10.1. The maximum absolute atomic E-state index is 13.4. The summed E-state index contributed by atoms with van der Waals surface area (Å²) in [7, 11) is 0. The Bertz CT molecular complexity index is 680. The zero-order valence-electron chi connectivity index (χ0n) is 10.8. The maximum atomic E-state index is 13.4. The molecule has 0 heterocycles. The lowest BCUT2D eigenvalue weighted by Gasteiger charge is -2.08. The van der Waals surface area contributed by atoms with E-state index in [4.69, 9.17) is 0 Å². The molecule has 110 valence electrons. The van der Waals surface area contributed by atoms with E-state index in [0.717, 1.165) is 11.6 Å². The average molecular weight is 357 g/mol. The Kier molecular flexibility index (Phi) is 4.98. The summed E-state index contributed by atoms with van der Waals surface area (Å²) in [5, 5.41) is 13.6.